The van der Waals surface area contributed by atoms with E-state index < -0.39 is 9.84 Å². The van der Waals surface area contributed by atoms with Crippen molar-refractivity contribution in [2.75, 3.05) is 36.5 Å². The van der Waals surface area contributed by atoms with Gasteiger partial charge >= 0.3 is 0 Å². The van der Waals surface area contributed by atoms with Gasteiger partial charge in [-0.2, -0.15) is 5.26 Å². The smallest absolute Gasteiger partial charge is 0.226 e. The number of nitrogens with zero attached hydrogens (tertiary/aromatic N) is 3. The first-order valence-corrected chi connectivity index (χ1v) is 14.0. The Balaban J connectivity index is 1.66. The monoisotopic (exact) mass is 488 g/mol. The molecule has 3 rings (SSSR count). The highest BCUT2D eigenvalue weighted by atomic mass is 32.2. The van der Waals surface area contributed by atoms with Crippen LogP contribution in [0.5, 0.6) is 0 Å². The quantitative estimate of drug-likeness (QED) is 0.602. The SMILES string of the molecule is CCS(=O)(=O)CCC(=O)Nc1cc(C#N)cc(CN2CCN(C(=O)C3CCCC3)[C@@H](C)C2)c1C. The molecule has 2 aliphatic rings. The van der Waals surface area contributed by atoms with Crippen molar-refractivity contribution in [1.82, 2.24) is 9.80 Å². The second-order valence-electron chi connectivity index (χ2n) is 9.55. The van der Waals surface area contributed by atoms with Crippen molar-refractivity contribution in [2.45, 2.75) is 65.5 Å². The Labute approximate surface area is 203 Å². The molecule has 1 atom stereocenters. The maximum absolute atomic E-state index is 12.9. The largest absolute Gasteiger partial charge is 0.337 e. The van der Waals surface area contributed by atoms with Gasteiger partial charge in [0.15, 0.2) is 9.84 Å². The average Bonchev–Trinajstić information content (AvgIpc) is 3.35. The summed E-state index contributed by atoms with van der Waals surface area (Å²) in [6.45, 7) is 8.38. The first-order chi connectivity index (χ1) is 16.1. The first-order valence-electron chi connectivity index (χ1n) is 12.2. The highest BCUT2D eigenvalue weighted by Gasteiger charge is 2.33. The van der Waals surface area contributed by atoms with E-state index in [1.54, 1.807) is 13.0 Å². The number of benzene rings is 1. The number of amides is 2. The predicted molar refractivity (Wildman–Crippen MR) is 132 cm³/mol. The van der Waals surface area contributed by atoms with E-state index >= 15 is 0 Å². The third-order valence-electron chi connectivity index (χ3n) is 7.09. The normalized spacial score (nSPS) is 19.7. The van der Waals surface area contributed by atoms with Crippen molar-refractivity contribution >= 4 is 27.3 Å². The minimum Gasteiger partial charge on any atom is -0.337 e. The fraction of sp³-hybridized carbons (Fsp3) is 0.640. The van der Waals surface area contributed by atoms with E-state index in [9.17, 15) is 23.3 Å². The lowest BCUT2D eigenvalue weighted by Crippen LogP contribution is -2.54. The molecule has 2 amide bonds. The molecule has 34 heavy (non-hydrogen) atoms. The standard InChI is InChI=1S/C25H36N4O4S/c1-4-34(32,33)12-9-24(30)27-23-14-20(15-26)13-22(19(23)3)17-28-10-11-29(18(2)16-28)25(31)21-7-5-6-8-21/h13-14,18,21H,4-12,16-17H2,1-3H3,(H,27,30)/t18-/m0/s1. The van der Waals surface area contributed by atoms with E-state index in [1.165, 1.54) is 0 Å². The summed E-state index contributed by atoms with van der Waals surface area (Å²) < 4.78 is 23.4. The summed E-state index contributed by atoms with van der Waals surface area (Å²) in [6, 6.07) is 5.75. The molecule has 1 heterocycles. The topological polar surface area (TPSA) is 111 Å². The number of anilines is 1. The van der Waals surface area contributed by atoms with Crippen molar-refractivity contribution in [3.05, 3.63) is 28.8 Å². The molecule has 1 aliphatic carbocycles. The Morgan fingerprint density at radius 2 is 1.91 bits per heavy atom. The number of rotatable bonds is 8. The molecule has 9 heteroatoms. The molecule has 0 spiro atoms. The van der Waals surface area contributed by atoms with Gasteiger partial charge in [0, 0.05) is 56.0 Å². The van der Waals surface area contributed by atoms with Gasteiger partial charge in [0.05, 0.1) is 17.4 Å². The van der Waals surface area contributed by atoms with Gasteiger partial charge in [-0.25, -0.2) is 8.42 Å². The Hall–Kier alpha value is -2.44. The second-order valence-corrected chi connectivity index (χ2v) is 12.0. The Morgan fingerprint density at radius 3 is 2.53 bits per heavy atom. The summed E-state index contributed by atoms with van der Waals surface area (Å²) >= 11 is 0. The highest BCUT2D eigenvalue weighted by molar-refractivity contribution is 7.91. The predicted octanol–water partition coefficient (Wildman–Crippen LogP) is 2.85. The van der Waals surface area contributed by atoms with Gasteiger partial charge in [-0.3, -0.25) is 14.5 Å². The third-order valence-corrected chi connectivity index (χ3v) is 8.80. The van der Waals surface area contributed by atoms with Crippen LogP contribution in [0.3, 0.4) is 0 Å². The summed E-state index contributed by atoms with van der Waals surface area (Å²) in [5, 5.41) is 12.3. The van der Waals surface area contributed by atoms with Gasteiger partial charge in [-0.05, 0) is 49.9 Å². The molecule has 1 aromatic rings. The zero-order chi connectivity index (χ0) is 24.9. The van der Waals surface area contributed by atoms with Crippen LogP contribution in [0.4, 0.5) is 5.69 Å². The maximum Gasteiger partial charge on any atom is 0.226 e. The molecule has 1 N–H and O–H groups in total. The molecule has 186 valence electrons. The number of carbonyl (C=O) groups is 2. The van der Waals surface area contributed by atoms with Crippen LogP contribution in [0, 0.1) is 24.2 Å². The minimum atomic E-state index is -3.23. The molecule has 2 fully saturated rings. The summed E-state index contributed by atoms with van der Waals surface area (Å²) in [7, 11) is -3.23. The maximum atomic E-state index is 12.9. The zero-order valence-electron chi connectivity index (χ0n) is 20.5. The molecule has 1 saturated heterocycles. The molecule has 0 aromatic heterocycles. The molecule has 1 saturated carbocycles. The first kappa shape index (κ1) is 26.2. The fourth-order valence-electron chi connectivity index (χ4n) is 4.89. The summed E-state index contributed by atoms with van der Waals surface area (Å²) in [5.41, 5.74) is 2.79. The summed E-state index contributed by atoms with van der Waals surface area (Å²) in [6.07, 6.45) is 4.19. The molecule has 8 nitrogen and oxygen atoms in total. The Bertz CT molecular complexity index is 1060. The van der Waals surface area contributed by atoms with Gasteiger partial charge in [0.25, 0.3) is 0 Å². The van der Waals surface area contributed by atoms with Crippen LogP contribution in [-0.4, -0.2) is 67.2 Å². The number of hydrogen-bond donors (Lipinski definition) is 1. The number of sulfone groups is 1. The van der Waals surface area contributed by atoms with Crippen molar-refractivity contribution in [3.63, 3.8) is 0 Å². The van der Waals surface area contributed by atoms with Crippen molar-refractivity contribution in [2.24, 2.45) is 5.92 Å². The van der Waals surface area contributed by atoms with Crippen LogP contribution in [0.2, 0.25) is 0 Å². The van der Waals surface area contributed by atoms with Crippen molar-refractivity contribution in [3.8, 4) is 6.07 Å². The molecule has 0 unspecified atom stereocenters. The van der Waals surface area contributed by atoms with Crippen molar-refractivity contribution < 1.29 is 18.0 Å². The van der Waals surface area contributed by atoms with Crippen LogP contribution in [0.1, 0.15) is 62.6 Å². The van der Waals surface area contributed by atoms with E-state index in [1.807, 2.05) is 17.9 Å². The van der Waals surface area contributed by atoms with Crippen LogP contribution in [0.15, 0.2) is 12.1 Å². The molecule has 0 radical (unpaired) electrons. The van der Waals surface area contributed by atoms with Crippen molar-refractivity contribution in [1.29, 1.82) is 5.26 Å². The van der Waals surface area contributed by atoms with E-state index in [0.29, 0.717) is 30.2 Å². The third kappa shape index (κ3) is 6.57. The minimum absolute atomic E-state index is 0.00527. The van der Waals surface area contributed by atoms with Gasteiger partial charge in [-0.1, -0.05) is 19.8 Å². The Morgan fingerprint density at radius 1 is 1.21 bits per heavy atom. The lowest BCUT2D eigenvalue weighted by atomic mass is 10.0. The lowest BCUT2D eigenvalue weighted by Gasteiger charge is -2.41. The van der Waals surface area contributed by atoms with E-state index in [-0.39, 0.29) is 35.8 Å². The molecular formula is C25H36N4O4S. The lowest BCUT2D eigenvalue weighted by molar-refractivity contribution is -0.140. The molecule has 1 aromatic carbocycles. The second kappa shape index (κ2) is 11.3. The zero-order valence-corrected chi connectivity index (χ0v) is 21.3. The summed E-state index contributed by atoms with van der Waals surface area (Å²) in [4.78, 5) is 29.6. The van der Waals surface area contributed by atoms with Crippen LogP contribution in [-0.2, 0) is 26.0 Å². The Kier molecular flexibility index (Phi) is 8.72. The number of nitriles is 1. The van der Waals surface area contributed by atoms with Gasteiger partial charge < -0.3 is 10.2 Å². The van der Waals surface area contributed by atoms with Crippen LogP contribution in [0.25, 0.3) is 0 Å². The summed E-state index contributed by atoms with van der Waals surface area (Å²) in [5.74, 6) is -0.0926. The van der Waals surface area contributed by atoms with E-state index in [2.05, 4.69) is 23.2 Å². The van der Waals surface area contributed by atoms with Gasteiger partial charge in [-0.15, -0.1) is 0 Å². The number of hydrogen-bond acceptors (Lipinski definition) is 6. The number of piperazine rings is 1. The fourth-order valence-corrected chi connectivity index (χ4v) is 5.68. The van der Waals surface area contributed by atoms with E-state index in [0.717, 1.165) is 49.9 Å². The van der Waals surface area contributed by atoms with Crippen LogP contribution >= 0.6 is 0 Å². The number of nitrogens with one attached hydrogen (secondary N) is 1. The van der Waals surface area contributed by atoms with Crippen LogP contribution < -0.4 is 5.32 Å². The molecule has 1 aliphatic heterocycles. The number of carbonyl (C=O) groups excluding carboxylic acids is 2. The van der Waals surface area contributed by atoms with Gasteiger partial charge in [0.1, 0.15) is 0 Å². The average molecular weight is 489 g/mol. The van der Waals surface area contributed by atoms with E-state index in [4.69, 9.17) is 0 Å². The highest BCUT2D eigenvalue weighted by Crippen LogP contribution is 2.29. The molecule has 0 bridgehead atoms. The van der Waals surface area contributed by atoms with Gasteiger partial charge in [0.2, 0.25) is 11.8 Å². The molecular weight excluding hydrogens is 452 g/mol.